The Bertz CT molecular complexity index is 1270. The van der Waals surface area contributed by atoms with E-state index in [1.54, 1.807) is 24.3 Å². The SMILES string of the molecule is CN(C(=O)Cn1ncc2ccccc2c1=O)S(=O)(=O)c1ccc2c(c1)OCCO2. The van der Waals surface area contributed by atoms with Crippen LogP contribution >= 0.6 is 0 Å². The number of amides is 1. The largest absolute Gasteiger partial charge is 0.486 e. The van der Waals surface area contributed by atoms with Crippen LogP contribution in [0, 0.1) is 0 Å². The molecule has 0 spiro atoms. The van der Waals surface area contributed by atoms with Gasteiger partial charge in [0.25, 0.3) is 21.5 Å². The van der Waals surface area contributed by atoms with Crippen molar-refractivity contribution in [2.45, 2.75) is 11.4 Å². The van der Waals surface area contributed by atoms with Gasteiger partial charge < -0.3 is 9.47 Å². The molecule has 0 bridgehead atoms. The molecule has 0 saturated carbocycles. The summed E-state index contributed by atoms with van der Waals surface area (Å²) in [6.07, 6.45) is 1.46. The topological polar surface area (TPSA) is 108 Å². The predicted molar refractivity (Wildman–Crippen MR) is 103 cm³/mol. The van der Waals surface area contributed by atoms with E-state index in [4.69, 9.17) is 9.47 Å². The fourth-order valence-electron chi connectivity index (χ4n) is 2.94. The van der Waals surface area contributed by atoms with Gasteiger partial charge >= 0.3 is 0 Å². The molecule has 10 heteroatoms. The number of nitrogens with zero attached hydrogens (tertiary/aromatic N) is 3. The van der Waals surface area contributed by atoms with Crippen molar-refractivity contribution in [1.29, 1.82) is 0 Å². The molecule has 0 unspecified atom stereocenters. The number of hydrogen-bond acceptors (Lipinski definition) is 7. The molecule has 150 valence electrons. The van der Waals surface area contributed by atoms with Crippen molar-refractivity contribution in [2.75, 3.05) is 20.3 Å². The summed E-state index contributed by atoms with van der Waals surface area (Å²) in [6.45, 7) is 0.177. The lowest BCUT2D eigenvalue weighted by molar-refractivity contribution is -0.126. The number of fused-ring (bicyclic) bond motifs is 2. The second kappa shape index (κ2) is 7.21. The lowest BCUT2D eigenvalue weighted by atomic mass is 10.2. The minimum absolute atomic E-state index is 0.114. The van der Waals surface area contributed by atoms with Gasteiger partial charge in [0.05, 0.1) is 16.5 Å². The molecule has 1 aliphatic rings. The van der Waals surface area contributed by atoms with E-state index in [1.165, 1.54) is 24.4 Å². The van der Waals surface area contributed by atoms with Crippen molar-refractivity contribution in [1.82, 2.24) is 14.1 Å². The molecule has 2 aromatic carbocycles. The summed E-state index contributed by atoms with van der Waals surface area (Å²) < 4.78 is 38.0. The Morgan fingerprint density at radius 1 is 1.14 bits per heavy atom. The van der Waals surface area contributed by atoms with Gasteiger partial charge in [-0.2, -0.15) is 5.10 Å². The molecule has 9 nitrogen and oxygen atoms in total. The third-order valence-electron chi connectivity index (χ3n) is 4.57. The minimum Gasteiger partial charge on any atom is -0.486 e. The first-order valence-corrected chi connectivity index (χ1v) is 10.2. The van der Waals surface area contributed by atoms with E-state index in [1.807, 2.05) is 0 Å². The van der Waals surface area contributed by atoms with Gasteiger partial charge in [0.2, 0.25) is 0 Å². The van der Waals surface area contributed by atoms with E-state index >= 15 is 0 Å². The van der Waals surface area contributed by atoms with Crippen LogP contribution in [0.2, 0.25) is 0 Å². The van der Waals surface area contributed by atoms with Crippen LogP contribution in [0.4, 0.5) is 0 Å². The lowest BCUT2D eigenvalue weighted by Crippen LogP contribution is -2.38. The average Bonchev–Trinajstić information content (AvgIpc) is 2.74. The highest BCUT2D eigenvalue weighted by Crippen LogP contribution is 2.33. The molecule has 0 atom stereocenters. The zero-order valence-electron chi connectivity index (χ0n) is 15.4. The molecule has 4 rings (SSSR count). The second-order valence-corrected chi connectivity index (χ2v) is 8.34. The molecule has 29 heavy (non-hydrogen) atoms. The zero-order chi connectivity index (χ0) is 20.6. The first kappa shape index (κ1) is 18.9. The number of rotatable bonds is 4. The maximum atomic E-state index is 12.8. The molecule has 0 aliphatic carbocycles. The van der Waals surface area contributed by atoms with E-state index in [0.29, 0.717) is 39.8 Å². The van der Waals surface area contributed by atoms with Crippen LogP contribution in [0.15, 0.2) is 58.4 Å². The van der Waals surface area contributed by atoms with Gasteiger partial charge in [0.15, 0.2) is 11.5 Å². The van der Waals surface area contributed by atoms with E-state index in [9.17, 15) is 18.0 Å². The summed E-state index contributed by atoms with van der Waals surface area (Å²) in [5.41, 5.74) is -0.471. The highest BCUT2D eigenvalue weighted by molar-refractivity contribution is 7.89. The van der Waals surface area contributed by atoms with Crippen molar-refractivity contribution >= 4 is 26.7 Å². The summed E-state index contributed by atoms with van der Waals surface area (Å²) in [4.78, 5) is 25.0. The molecule has 1 aliphatic heterocycles. The Kier molecular flexibility index (Phi) is 4.71. The third-order valence-corrected chi connectivity index (χ3v) is 6.34. The van der Waals surface area contributed by atoms with Gasteiger partial charge in [0.1, 0.15) is 19.8 Å². The molecular weight excluding hydrogens is 398 g/mol. The smallest absolute Gasteiger partial charge is 0.275 e. The normalized spacial score (nSPS) is 13.3. The Morgan fingerprint density at radius 3 is 2.66 bits per heavy atom. The summed E-state index contributed by atoms with van der Waals surface area (Å²) in [6, 6.07) is 11.0. The third kappa shape index (κ3) is 3.42. The van der Waals surface area contributed by atoms with Gasteiger partial charge in [-0.1, -0.05) is 18.2 Å². The molecule has 0 N–H and O–H groups in total. The molecule has 0 radical (unpaired) electrons. The second-order valence-electron chi connectivity index (χ2n) is 6.37. The van der Waals surface area contributed by atoms with E-state index in [-0.39, 0.29) is 4.90 Å². The van der Waals surface area contributed by atoms with Gasteiger partial charge in [0, 0.05) is 18.5 Å². The van der Waals surface area contributed by atoms with Crippen molar-refractivity contribution in [3.63, 3.8) is 0 Å². The maximum absolute atomic E-state index is 12.8. The number of carbonyl (C=O) groups is 1. The van der Waals surface area contributed by atoms with E-state index in [2.05, 4.69) is 5.10 Å². The molecule has 1 aromatic heterocycles. The van der Waals surface area contributed by atoms with Crippen LogP contribution in [-0.2, 0) is 21.4 Å². The fourth-order valence-corrected chi connectivity index (χ4v) is 4.08. The van der Waals surface area contributed by atoms with Crippen LogP contribution in [0.1, 0.15) is 0 Å². The Hall–Kier alpha value is -3.40. The molecule has 3 aromatic rings. The highest BCUT2D eigenvalue weighted by atomic mass is 32.2. The predicted octanol–water partition coefficient (Wildman–Crippen LogP) is 1.01. The number of ether oxygens (including phenoxy) is 2. The Balaban J connectivity index is 1.60. The summed E-state index contributed by atoms with van der Waals surface area (Å²) in [5, 5.41) is 5.00. The average molecular weight is 415 g/mol. The molecule has 1 amide bonds. The highest BCUT2D eigenvalue weighted by Gasteiger charge is 2.28. The van der Waals surface area contributed by atoms with Crippen molar-refractivity contribution in [3.05, 3.63) is 59.0 Å². The number of aromatic nitrogens is 2. The lowest BCUT2D eigenvalue weighted by Gasteiger charge is -2.21. The number of hydrogen-bond donors (Lipinski definition) is 0. The van der Waals surface area contributed by atoms with Crippen molar-refractivity contribution < 1.29 is 22.7 Å². The fraction of sp³-hybridized carbons (Fsp3) is 0.211. The zero-order valence-corrected chi connectivity index (χ0v) is 16.3. The first-order chi connectivity index (χ1) is 13.9. The summed E-state index contributed by atoms with van der Waals surface area (Å²) >= 11 is 0. The molecule has 0 fully saturated rings. The molecule has 0 saturated heterocycles. The number of carbonyl (C=O) groups excluding carboxylic acids is 1. The Morgan fingerprint density at radius 2 is 1.86 bits per heavy atom. The van der Waals surface area contributed by atoms with Crippen LogP contribution in [0.5, 0.6) is 11.5 Å². The summed E-state index contributed by atoms with van der Waals surface area (Å²) in [5.74, 6) is -0.0635. The van der Waals surface area contributed by atoms with Crippen LogP contribution in [-0.4, -0.2) is 48.7 Å². The van der Waals surface area contributed by atoms with Gasteiger partial charge in [-0.25, -0.2) is 17.4 Å². The number of sulfonamides is 1. The molecular formula is C19H17N3O6S. The Labute approximate surface area is 166 Å². The molecule has 2 heterocycles. The van der Waals surface area contributed by atoms with Gasteiger partial charge in [-0.3, -0.25) is 9.59 Å². The summed E-state index contributed by atoms with van der Waals surface area (Å²) in [7, 11) is -3.00. The number of benzene rings is 2. The quantitative estimate of drug-likeness (QED) is 0.626. The van der Waals surface area contributed by atoms with E-state index in [0.717, 1.165) is 11.7 Å². The van der Waals surface area contributed by atoms with Gasteiger partial charge in [-0.05, 0) is 18.2 Å². The minimum atomic E-state index is -4.14. The maximum Gasteiger partial charge on any atom is 0.275 e. The van der Waals surface area contributed by atoms with Crippen LogP contribution in [0.3, 0.4) is 0 Å². The van der Waals surface area contributed by atoms with Gasteiger partial charge in [-0.15, -0.1) is 0 Å². The van der Waals surface area contributed by atoms with Crippen molar-refractivity contribution in [3.8, 4) is 11.5 Å². The monoisotopic (exact) mass is 415 g/mol. The van der Waals surface area contributed by atoms with E-state index < -0.39 is 28.0 Å². The van der Waals surface area contributed by atoms with Crippen LogP contribution < -0.4 is 15.0 Å². The first-order valence-electron chi connectivity index (χ1n) is 8.74. The van der Waals surface area contributed by atoms with Crippen molar-refractivity contribution in [2.24, 2.45) is 0 Å². The standard InChI is InChI=1S/C19H17N3O6S/c1-21(29(25,26)14-6-7-16-17(10-14)28-9-8-27-16)18(23)12-22-19(24)15-5-3-2-4-13(15)11-20-22/h2-7,10-11H,8-9,12H2,1H3. The number of likely N-dealkylation sites (N-methyl/N-ethyl adjacent to an activating group) is 1. The van der Waals surface area contributed by atoms with Crippen LogP contribution in [0.25, 0.3) is 10.8 Å².